The topological polar surface area (TPSA) is 83.5 Å². The van der Waals surface area contributed by atoms with Gasteiger partial charge in [0.2, 0.25) is 11.8 Å². The minimum Gasteiger partial charge on any atom is -0.437 e. The quantitative estimate of drug-likeness (QED) is 0.374. The second-order valence-corrected chi connectivity index (χ2v) is 9.84. The number of carbonyl (C=O) groups excluding carboxylic acids is 1. The molecule has 1 aliphatic rings. The number of fused-ring (bicyclic) bond motifs is 1. The molecule has 5 rings (SSSR count). The second-order valence-electron chi connectivity index (χ2n) is 8.37. The van der Waals surface area contributed by atoms with Crippen LogP contribution in [0.4, 0.5) is 10.9 Å². The third-order valence-corrected chi connectivity index (χ3v) is 7.23. The van der Waals surface area contributed by atoms with Crippen LogP contribution in [0.1, 0.15) is 25.5 Å². The van der Waals surface area contributed by atoms with E-state index in [1.807, 2.05) is 36.4 Å². The van der Waals surface area contributed by atoms with Gasteiger partial charge in [-0.2, -0.15) is 0 Å². The van der Waals surface area contributed by atoms with Gasteiger partial charge in [0.25, 0.3) is 0 Å². The summed E-state index contributed by atoms with van der Waals surface area (Å²) in [6.07, 6.45) is 1.53. The monoisotopic (exact) mass is 508 g/mol. The van der Waals surface area contributed by atoms with Gasteiger partial charge in [-0.15, -0.1) is 0 Å². The van der Waals surface area contributed by atoms with Crippen LogP contribution in [0.2, 0.25) is 5.02 Å². The molecule has 1 saturated heterocycles. The van der Waals surface area contributed by atoms with E-state index in [0.717, 1.165) is 41.7 Å². The van der Waals surface area contributed by atoms with Crippen molar-refractivity contribution in [3.63, 3.8) is 0 Å². The Kier molecular flexibility index (Phi) is 6.81. The van der Waals surface area contributed by atoms with Crippen LogP contribution in [0.3, 0.4) is 0 Å². The van der Waals surface area contributed by atoms with E-state index >= 15 is 0 Å². The molecule has 1 aliphatic heterocycles. The number of nitrogens with zero attached hydrogens (tertiary/aromatic N) is 5. The number of anilines is 2. The molecule has 35 heavy (non-hydrogen) atoms. The van der Waals surface area contributed by atoms with Crippen LogP contribution < -0.4 is 15.0 Å². The van der Waals surface area contributed by atoms with E-state index in [0.29, 0.717) is 28.3 Å². The number of hydrogen-bond acceptors (Lipinski definition) is 8. The fourth-order valence-corrected chi connectivity index (χ4v) is 5.23. The van der Waals surface area contributed by atoms with E-state index in [4.69, 9.17) is 16.3 Å². The van der Waals surface area contributed by atoms with Crippen LogP contribution in [-0.4, -0.2) is 51.9 Å². The average Bonchev–Trinajstić information content (AvgIpc) is 3.27. The van der Waals surface area contributed by atoms with Gasteiger partial charge in [0.1, 0.15) is 17.7 Å². The lowest BCUT2D eigenvalue weighted by Gasteiger charge is -2.38. The Balaban J connectivity index is 1.27. The lowest BCUT2D eigenvalue weighted by molar-refractivity contribution is -0.114. The lowest BCUT2D eigenvalue weighted by atomic mass is 10.1. The minimum atomic E-state index is -0.158. The van der Waals surface area contributed by atoms with Gasteiger partial charge < -0.3 is 15.0 Å². The summed E-state index contributed by atoms with van der Waals surface area (Å²) < 4.78 is 7.02. The van der Waals surface area contributed by atoms with Crippen LogP contribution in [0.15, 0.2) is 54.9 Å². The van der Waals surface area contributed by atoms with Crippen molar-refractivity contribution >= 4 is 50.0 Å². The van der Waals surface area contributed by atoms with Crippen molar-refractivity contribution in [1.29, 1.82) is 0 Å². The Morgan fingerprint density at radius 2 is 1.89 bits per heavy atom. The molecule has 1 atom stereocenters. The number of carbonyl (C=O) groups is 1. The maximum Gasteiger partial charge on any atom is 0.224 e. The molecule has 0 saturated carbocycles. The number of piperazine rings is 1. The van der Waals surface area contributed by atoms with Gasteiger partial charge in [-0.25, -0.2) is 15.0 Å². The SMILES string of the molecule is CC(=O)Nc1nc2c(Oc3cc(N4CCN([C@@H](C)c5ccc(Cl)cc5)CC4)ncn3)cccc2s1. The summed E-state index contributed by atoms with van der Waals surface area (Å²) >= 11 is 7.44. The molecular formula is C25H25ClN6O2S. The molecule has 1 fully saturated rings. The van der Waals surface area contributed by atoms with Gasteiger partial charge >= 0.3 is 0 Å². The molecule has 180 valence electrons. The third-order valence-electron chi connectivity index (χ3n) is 6.05. The smallest absolute Gasteiger partial charge is 0.224 e. The molecule has 1 N–H and O–H groups in total. The van der Waals surface area contributed by atoms with Crippen molar-refractivity contribution < 1.29 is 9.53 Å². The van der Waals surface area contributed by atoms with Gasteiger partial charge in [0, 0.05) is 50.2 Å². The van der Waals surface area contributed by atoms with Gasteiger partial charge in [-0.3, -0.25) is 9.69 Å². The zero-order valence-corrected chi connectivity index (χ0v) is 21.0. The Morgan fingerprint density at radius 3 is 2.63 bits per heavy atom. The average molecular weight is 509 g/mol. The standard InChI is InChI=1S/C25H25ClN6O2S/c1-16(18-6-8-19(26)9-7-18)31-10-12-32(13-11-31)22-14-23(28-15-27-22)34-20-4-3-5-21-24(20)30-25(35-21)29-17(2)33/h3-9,14-16H,10-13H2,1-2H3,(H,29,30,33)/t16-/m0/s1. The number of ether oxygens (including phenoxy) is 1. The van der Waals surface area contributed by atoms with Crippen molar-refractivity contribution in [3.05, 3.63) is 65.4 Å². The zero-order valence-electron chi connectivity index (χ0n) is 19.4. The highest BCUT2D eigenvalue weighted by molar-refractivity contribution is 7.22. The summed E-state index contributed by atoms with van der Waals surface area (Å²) in [6.45, 7) is 7.25. The van der Waals surface area contributed by atoms with E-state index in [2.05, 4.69) is 49.1 Å². The van der Waals surface area contributed by atoms with Gasteiger partial charge in [-0.1, -0.05) is 41.1 Å². The lowest BCUT2D eigenvalue weighted by Crippen LogP contribution is -2.47. The Labute approximate surface area is 212 Å². The van der Waals surface area contributed by atoms with Crippen LogP contribution in [-0.2, 0) is 4.79 Å². The molecule has 0 bridgehead atoms. The molecular weight excluding hydrogens is 484 g/mol. The highest BCUT2D eigenvalue weighted by Gasteiger charge is 2.23. The van der Waals surface area contributed by atoms with Crippen molar-refractivity contribution in [1.82, 2.24) is 19.9 Å². The summed E-state index contributed by atoms with van der Waals surface area (Å²) in [5.74, 6) is 1.71. The summed E-state index contributed by atoms with van der Waals surface area (Å²) in [6, 6.07) is 15.9. The molecule has 0 unspecified atom stereocenters. The maximum absolute atomic E-state index is 11.4. The number of rotatable bonds is 6. The molecule has 0 radical (unpaired) electrons. The number of aromatic nitrogens is 3. The van der Waals surface area contributed by atoms with Crippen molar-refractivity contribution in [2.75, 3.05) is 36.4 Å². The second kappa shape index (κ2) is 10.2. The van der Waals surface area contributed by atoms with E-state index < -0.39 is 0 Å². The Morgan fingerprint density at radius 1 is 1.11 bits per heavy atom. The van der Waals surface area contributed by atoms with Crippen LogP contribution >= 0.6 is 22.9 Å². The molecule has 1 amide bonds. The van der Waals surface area contributed by atoms with E-state index in [9.17, 15) is 4.79 Å². The first kappa shape index (κ1) is 23.5. The molecule has 2 aromatic carbocycles. The fraction of sp³-hybridized carbons (Fsp3) is 0.280. The summed E-state index contributed by atoms with van der Waals surface area (Å²) in [5, 5.41) is 4.03. The maximum atomic E-state index is 11.4. The number of benzene rings is 2. The van der Waals surface area contributed by atoms with Crippen LogP contribution in [0, 0.1) is 0 Å². The number of hydrogen-bond donors (Lipinski definition) is 1. The predicted molar refractivity (Wildman–Crippen MR) is 140 cm³/mol. The number of halogens is 1. The van der Waals surface area contributed by atoms with Gasteiger partial charge in [0.05, 0.1) is 4.70 Å². The number of thiazole rings is 1. The number of amides is 1. The first-order valence-electron chi connectivity index (χ1n) is 11.4. The van der Waals surface area contributed by atoms with Crippen molar-refractivity contribution in [2.45, 2.75) is 19.9 Å². The normalized spacial score (nSPS) is 15.2. The third kappa shape index (κ3) is 5.37. The summed E-state index contributed by atoms with van der Waals surface area (Å²) in [5.41, 5.74) is 1.95. The van der Waals surface area contributed by atoms with Crippen molar-refractivity contribution in [2.24, 2.45) is 0 Å². The first-order valence-corrected chi connectivity index (χ1v) is 12.6. The van der Waals surface area contributed by atoms with Crippen LogP contribution in [0.5, 0.6) is 11.6 Å². The molecule has 10 heteroatoms. The number of nitrogens with one attached hydrogen (secondary N) is 1. The molecule has 0 spiro atoms. The zero-order chi connectivity index (χ0) is 24.4. The summed E-state index contributed by atoms with van der Waals surface area (Å²) in [4.78, 5) is 29.4. The first-order chi connectivity index (χ1) is 17.0. The number of para-hydroxylation sites is 1. The van der Waals surface area contributed by atoms with Crippen LogP contribution in [0.25, 0.3) is 10.2 Å². The van der Waals surface area contributed by atoms with Gasteiger partial charge in [-0.05, 0) is 36.8 Å². The molecule has 8 nitrogen and oxygen atoms in total. The van der Waals surface area contributed by atoms with E-state index in [1.165, 1.54) is 30.2 Å². The van der Waals surface area contributed by atoms with E-state index in [1.54, 1.807) is 0 Å². The molecule has 0 aliphatic carbocycles. The highest BCUT2D eigenvalue weighted by atomic mass is 35.5. The fourth-order valence-electron chi connectivity index (χ4n) is 4.17. The predicted octanol–water partition coefficient (Wildman–Crippen LogP) is 5.37. The molecule has 3 heterocycles. The van der Waals surface area contributed by atoms with Gasteiger partial charge in [0.15, 0.2) is 10.9 Å². The molecule has 4 aromatic rings. The Bertz CT molecular complexity index is 1340. The van der Waals surface area contributed by atoms with Crippen molar-refractivity contribution in [3.8, 4) is 11.6 Å². The highest BCUT2D eigenvalue weighted by Crippen LogP contribution is 2.35. The largest absolute Gasteiger partial charge is 0.437 e. The summed E-state index contributed by atoms with van der Waals surface area (Å²) in [7, 11) is 0. The minimum absolute atomic E-state index is 0.158. The Hall–Kier alpha value is -3.27. The van der Waals surface area contributed by atoms with E-state index in [-0.39, 0.29) is 5.91 Å². The molecule has 2 aromatic heterocycles.